The fourth-order valence-electron chi connectivity index (χ4n) is 7.30. The van der Waals surface area contributed by atoms with Gasteiger partial charge in [-0.1, -0.05) is 24.6 Å². The first-order chi connectivity index (χ1) is 20.9. The highest BCUT2D eigenvalue weighted by Gasteiger charge is 2.50. The maximum absolute atomic E-state index is 14.2. The molecule has 3 amide bonds. The first-order valence-electron chi connectivity index (χ1n) is 14.9. The molecule has 222 valence electrons. The van der Waals surface area contributed by atoms with Gasteiger partial charge in [0.1, 0.15) is 17.5 Å². The standard InChI is InChI=1S/C32H34N6O5/c1-43-26-11-5-10-21-20(26)15-25(34-21)32(42)38-16-18-6-4-7-19(18)27(38)31(41)37-24(14-17-12-13-33-30(17)40)28(39)29-35-22-8-2-3-9-23(22)36-29/h2-3,5,8-11,15,17-19,24,27,34H,4,6-7,12-14,16H2,1H3,(H,33,40)(H,35,36)(H,37,41)/t17-,18?,19?,24-,27?/m0/s1. The number of ether oxygens (including phenoxy) is 1. The van der Waals surface area contributed by atoms with Gasteiger partial charge in [0.05, 0.1) is 24.2 Å². The van der Waals surface area contributed by atoms with Gasteiger partial charge in [-0.05, 0) is 67.9 Å². The number of Topliss-reactive ketones (excluding diaryl/α,β-unsaturated/α-hetero) is 1. The fourth-order valence-corrected chi connectivity index (χ4v) is 7.30. The third kappa shape index (κ3) is 4.82. The predicted octanol–water partition coefficient (Wildman–Crippen LogP) is 3.19. The molecule has 2 aromatic heterocycles. The molecule has 1 aliphatic carbocycles. The lowest BCUT2D eigenvalue weighted by atomic mass is 9.91. The highest BCUT2D eigenvalue weighted by molar-refractivity contribution is 6.04. The molecule has 4 N–H and O–H groups in total. The van der Waals surface area contributed by atoms with E-state index >= 15 is 0 Å². The van der Waals surface area contributed by atoms with Crippen LogP contribution in [0.3, 0.4) is 0 Å². The minimum atomic E-state index is -0.975. The van der Waals surface area contributed by atoms with Crippen LogP contribution in [0.4, 0.5) is 0 Å². The number of nitrogens with one attached hydrogen (secondary N) is 4. The molecule has 0 radical (unpaired) electrons. The number of benzene rings is 2. The molecule has 7 rings (SSSR count). The van der Waals surface area contributed by atoms with Gasteiger partial charge in [-0.3, -0.25) is 19.2 Å². The van der Waals surface area contributed by atoms with Crippen LogP contribution in [0.5, 0.6) is 5.75 Å². The van der Waals surface area contributed by atoms with Crippen LogP contribution in [0.25, 0.3) is 21.9 Å². The van der Waals surface area contributed by atoms with Crippen LogP contribution in [0.1, 0.15) is 53.2 Å². The van der Waals surface area contributed by atoms with Crippen molar-refractivity contribution in [1.29, 1.82) is 0 Å². The van der Waals surface area contributed by atoms with Gasteiger partial charge in [-0.2, -0.15) is 0 Å². The van der Waals surface area contributed by atoms with Crippen LogP contribution in [0.2, 0.25) is 0 Å². The van der Waals surface area contributed by atoms with Gasteiger partial charge in [0.2, 0.25) is 17.6 Å². The quantitative estimate of drug-likeness (QED) is 0.235. The summed E-state index contributed by atoms with van der Waals surface area (Å²) < 4.78 is 5.47. The Morgan fingerprint density at radius 2 is 1.91 bits per heavy atom. The topological polar surface area (TPSA) is 149 Å². The number of hydrogen-bond donors (Lipinski definition) is 4. The zero-order valence-corrected chi connectivity index (χ0v) is 23.9. The zero-order valence-electron chi connectivity index (χ0n) is 23.9. The van der Waals surface area contributed by atoms with Gasteiger partial charge >= 0.3 is 0 Å². The highest BCUT2D eigenvalue weighted by atomic mass is 16.5. The molecule has 11 heteroatoms. The molecule has 43 heavy (non-hydrogen) atoms. The van der Waals surface area contributed by atoms with Crippen LogP contribution in [0.15, 0.2) is 48.5 Å². The normalized spacial score (nSPS) is 23.8. The van der Waals surface area contributed by atoms with E-state index < -0.39 is 18.0 Å². The molecule has 5 atom stereocenters. The van der Waals surface area contributed by atoms with Gasteiger partial charge in [0, 0.05) is 29.9 Å². The minimum Gasteiger partial charge on any atom is -0.496 e. The first-order valence-corrected chi connectivity index (χ1v) is 14.9. The highest BCUT2D eigenvalue weighted by Crippen LogP contribution is 2.43. The number of carbonyl (C=O) groups excluding carboxylic acids is 4. The first kappa shape index (κ1) is 27.2. The molecule has 4 aromatic rings. The number of carbonyl (C=O) groups is 4. The Balaban J connectivity index is 1.18. The van der Waals surface area contributed by atoms with Crippen LogP contribution in [-0.2, 0) is 9.59 Å². The summed E-state index contributed by atoms with van der Waals surface area (Å²) in [5.41, 5.74) is 2.51. The van der Waals surface area contributed by atoms with Crippen LogP contribution in [0, 0.1) is 17.8 Å². The Morgan fingerprint density at radius 1 is 1.07 bits per heavy atom. The summed E-state index contributed by atoms with van der Waals surface area (Å²) in [6, 6.07) is 13.0. The molecule has 2 aromatic carbocycles. The number of para-hydroxylation sites is 2. The van der Waals surface area contributed by atoms with Crippen LogP contribution in [-0.4, -0.2) is 75.6 Å². The van der Waals surface area contributed by atoms with Crippen molar-refractivity contribution >= 4 is 45.4 Å². The number of ketones is 1. The molecule has 2 aliphatic heterocycles. The number of H-pyrrole nitrogens is 2. The SMILES string of the molecule is COc1cccc2[nH]c(C(=O)N3CC4CCCC4C3C(=O)N[C@@H](C[C@@H]3CCNC3=O)C(=O)c3nc4ccccc4[nH]3)cc12. The van der Waals surface area contributed by atoms with Crippen molar-refractivity contribution in [2.24, 2.45) is 17.8 Å². The Hall–Kier alpha value is -4.67. The van der Waals surface area contributed by atoms with Crippen LogP contribution >= 0.6 is 0 Å². The average molecular weight is 583 g/mol. The Labute approximate surface area is 247 Å². The summed E-state index contributed by atoms with van der Waals surface area (Å²) in [5, 5.41) is 6.60. The molecule has 3 unspecified atom stereocenters. The van der Waals surface area contributed by atoms with Crippen molar-refractivity contribution in [2.45, 2.75) is 44.2 Å². The molecule has 1 saturated carbocycles. The van der Waals surface area contributed by atoms with E-state index in [9.17, 15) is 19.2 Å². The van der Waals surface area contributed by atoms with Crippen LogP contribution < -0.4 is 15.4 Å². The number of fused-ring (bicyclic) bond motifs is 3. The van der Waals surface area contributed by atoms with E-state index in [1.54, 1.807) is 18.1 Å². The second-order valence-corrected chi connectivity index (χ2v) is 11.9. The predicted molar refractivity (Wildman–Crippen MR) is 159 cm³/mol. The largest absolute Gasteiger partial charge is 0.496 e. The third-order valence-corrected chi connectivity index (χ3v) is 9.43. The van der Waals surface area contributed by atoms with Crippen molar-refractivity contribution in [1.82, 2.24) is 30.5 Å². The smallest absolute Gasteiger partial charge is 0.271 e. The molecule has 4 heterocycles. The number of imidazole rings is 1. The lowest BCUT2D eigenvalue weighted by molar-refractivity contribution is -0.127. The van der Waals surface area contributed by atoms with Crippen molar-refractivity contribution in [3.05, 3.63) is 60.0 Å². The summed E-state index contributed by atoms with van der Waals surface area (Å²) in [4.78, 5) is 66.9. The van der Waals surface area contributed by atoms with Gasteiger partial charge in [0.25, 0.3) is 5.91 Å². The maximum Gasteiger partial charge on any atom is 0.271 e. The van der Waals surface area contributed by atoms with E-state index in [4.69, 9.17) is 4.74 Å². The van der Waals surface area contributed by atoms with Crippen molar-refractivity contribution in [2.75, 3.05) is 20.2 Å². The van der Waals surface area contributed by atoms with E-state index in [0.29, 0.717) is 42.0 Å². The molecular formula is C32H34N6O5. The van der Waals surface area contributed by atoms with E-state index in [1.165, 1.54) is 0 Å². The number of rotatable bonds is 8. The fraction of sp³-hybridized carbons (Fsp3) is 0.406. The van der Waals surface area contributed by atoms with E-state index in [-0.39, 0.29) is 47.6 Å². The van der Waals surface area contributed by atoms with Gasteiger partial charge in [0.15, 0.2) is 5.82 Å². The maximum atomic E-state index is 14.2. The third-order valence-electron chi connectivity index (χ3n) is 9.43. The number of aromatic amines is 2. The van der Waals surface area contributed by atoms with E-state index in [2.05, 4.69) is 25.6 Å². The number of nitrogens with zero attached hydrogens (tertiary/aromatic N) is 2. The monoisotopic (exact) mass is 582 g/mol. The summed E-state index contributed by atoms with van der Waals surface area (Å²) in [6.45, 7) is 1.01. The molecule has 0 spiro atoms. The van der Waals surface area contributed by atoms with E-state index in [1.807, 2.05) is 42.5 Å². The summed E-state index contributed by atoms with van der Waals surface area (Å²) in [6.07, 6.45) is 3.52. The van der Waals surface area contributed by atoms with Gasteiger partial charge < -0.3 is 30.2 Å². The summed E-state index contributed by atoms with van der Waals surface area (Å²) in [5.74, 6) is -0.542. The number of likely N-dealkylation sites (tertiary alicyclic amines) is 1. The molecule has 2 saturated heterocycles. The van der Waals surface area contributed by atoms with Crippen molar-refractivity contribution < 1.29 is 23.9 Å². The lowest BCUT2D eigenvalue weighted by Crippen LogP contribution is -2.53. The molecule has 0 bridgehead atoms. The van der Waals surface area contributed by atoms with Crippen molar-refractivity contribution in [3.8, 4) is 5.75 Å². The number of methoxy groups -OCH3 is 1. The van der Waals surface area contributed by atoms with E-state index in [0.717, 1.165) is 30.2 Å². The molecule has 3 aliphatic rings. The molecule has 11 nitrogen and oxygen atoms in total. The molecular weight excluding hydrogens is 548 g/mol. The summed E-state index contributed by atoms with van der Waals surface area (Å²) in [7, 11) is 1.59. The Morgan fingerprint density at radius 3 is 2.70 bits per heavy atom. The average Bonchev–Trinajstić information content (AvgIpc) is 3.83. The lowest BCUT2D eigenvalue weighted by Gasteiger charge is -2.29. The number of amides is 3. The molecule has 3 fully saturated rings. The second kappa shape index (κ2) is 10.9. The minimum absolute atomic E-state index is 0.000374. The Bertz CT molecular complexity index is 1710. The van der Waals surface area contributed by atoms with Crippen molar-refractivity contribution in [3.63, 3.8) is 0 Å². The van der Waals surface area contributed by atoms with Gasteiger partial charge in [-0.25, -0.2) is 4.98 Å². The van der Waals surface area contributed by atoms with Gasteiger partial charge in [-0.15, -0.1) is 0 Å². The zero-order chi connectivity index (χ0) is 29.7. The summed E-state index contributed by atoms with van der Waals surface area (Å²) >= 11 is 0. The second-order valence-electron chi connectivity index (χ2n) is 11.9. The number of hydrogen-bond acceptors (Lipinski definition) is 6. The number of aromatic nitrogens is 3. The Kier molecular flexibility index (Phi) is 6.87.